The Labute approximate surface area is 110 Å². The minimum atomic E-state index is -1.11. The van der Waals surface area contributed by atoms with E-state index in [1.54, 1.807) is 18.2 Å². The topological polar surface area (TPSA) is 46.5 Å². The third-order valence-corrected chi connectivity index (χ3v) is 2.82. The van der Waals surface area contributed by atoms with Crippen molar-refractivity contribution in [2.75, 3.05) is 0 Å². The Kier molecular flexibility index (Phi) is 3.53. The molecule has 3 nitrogen and oxygen atoms in total. The second-order valence-electron chi connectivity index (χ2n) is 3.79. The summed E-state index contributed by atoms with van der Waals surface area (Å²) >= 11 is 5.87. The lowest BCUT2D eigenvalue weighted by atomic mass is 10.2. The van der Waals surface area contributed by atoms with Crippen LogP contribution >= 0.6 is 11.6 Å². The zero-order chi connectivity index (χ0) is 13.1. The van der Waals surface area contributed by atoms with Crippen LogP contribution in [0.3, 0.4) is 0 Å². The van der Waals surface area contributed by atoms with E-state index in [4.69, 9.17) is 21.4 Å². The summed E-state index contributed by atoms with van der Waals surface area (Å²) in [6.07, 6.45) is 0. The number of para-hydroxylation sites is 1. The molecule has 0 saturated carbocycles. The molecule has 0 amide bonds. The van der Waals surface area contributed by atoms with Crippen LogP contribution in [0.4, 0.5) is 0 Å². The number of ether oxygens (including phenoxy) is 1. The number of aryl methyl sites for hydroxylation is 1. The number of benzene rings is 2. The van der Waals surface area contributed by atoms with E-state index in [1.165, 1.54) is 6.07 Å². The molecule has 0 heterocycles. The number of carboxylic acids is 1. The number of hydrogen-bond acceptors (Lipinski definition) is 2. The molecule has 0 radical (unpaired) electrons. The summed E-state index contributed by atoms with van der Waals surface area (Å²) in [5.74, 6) is -0.254. The van der Waals surface area contributed by atoms with Gasteiger partial charge >= 0.3 is 5.97 Å². The molecule has 0 unspecified atom stereocenters. The van der Waals surface area contributed by atoms with Crippen molar-refractivity contribution in [1.82, 2.24) is 0 Å². The fraction of sp³-hybridized carbons (Fsp3) is 0.0714. The van der Waals surface area contributed by atoms with Gasteiger partial charge < -0.3 is 9.84 Å². The summed E-state index contributed by atoms with van der Waals surface area (Å²) in [6.45, 7) is 1.89. The predicted molar refractivity (Wildman–Crippen MR) is 69.7 cm³/mol. The molecule has 1 N–H and O–H groups in total. The molecule has 2 rings (SSSR count). The molecule has 18 heavy (non-hydrogen) atoms. The standard InChI is InChI=1S/C14H11ClO3/c1-9-5-2-3-7-11(9)18-12-8-4-6-10(15)13(12)14(16)17/h2-8H,1H3,(H,16,17). The Morgan fingerprint density at radius 2 is 1.78 bits per heavy atom. The lowest BCUT2D eigenvalue weighted by molar-refractivity contribution is 0.0694. The van der Waals surface area contributed by atoms with Gasteiger partial charge in [0.1, 0.15) is 17.1 Å². The lowest BCUT2D eigenvalue weighted by Gasteiger charge is -2.11. The van der Waals surface area contributed by atoms with Gasteiger partial charge in [-0.05, 0) is 30.7 Å². The highest BCUT2D eigenvalue weighted by molar-refractivity contribution is 6.33. The van der Waals surface area contributed by atoms with E-state index in [0.29, 0.717) is 5.75 Å². The second-order valence-corrected chi connectivity index (χ2v) is 4.19. The highest BCUT2D eigenvalue weighted by atomic mass is 35.5. The van der Waals surface area contributed by atoms with Crippen molar-refractivity contribution < 1.29 is 14.6 Å². The van der Waals surface area contributed by atoms with Crippen LogP contribution in [0.25, 0.3) is 0 Å². The average Bonchev–Trinajstić information content (AvgIpc) is 2.31. The molecule has 2 aromatic carbocycles. The van der Waals surface area contributed by atoms with Crippen molar-refractivity contribution in [3.8, 4) is 11.5 Å². The molecular weight excluding hydrogens is 252 g/mol. The maximum Gasteiger partial charge on any atom is 0.341 e. The van der Waals surface area contributed by atoms with Crippen molar-refractivity contribution >= 4 is 17.6 Å². The summed E-state index contributed by atoms with van der Waals surface area (Å²) in [5.41, 5.74) is 0.899. The van der Waals surface area contributed by atoms with Crippen molar-refractivity contribution in [3.63, 3.8) is 0 Å². The summed E-state index contributed by atoms with van der Waals surface area (Å²) in [6, 6.07) is 12.1. The van der Waals surface area contributed by atoms with Gasteiger partial charge in [-0.1, -0.05) is 35.9 Å². The molecular formula is C14H11ClO3. The normalized spacial score (nSPS) is 10.1. The molecule has 0 aliphatic heterocycles. The van der Waals surface area contributed by atoms with Gasteiger partial charge in [0.05, 0.1) is 5.02 Å². The smallest absolute Gasteiger partial charge is 0.341 e. The molecule has 0 aromatic heterocycles. The van der Waals surface area contributed by atoms with E-state index in [1.807, 2.05) is 25.1 Å². The fourth-order valence-corrected chi connectivity index (χ4v) is 1.83. The Hall–Kier alpha value is -2.00. The van der Waals surface area contributed by atoms with Gasteiger partial charge in [0.25, 0.3) is 0 Å². The van der Waals surface area contributed by atoms with E-state index in [2.05, 4.69) is 0 Å². The van der Waals surface area contributed by atoms with Crippen molar-refractivity contribution in [3.05, 3.63) is 58.6 Å². The monoisotopic (exact) mass is 262 g/mol. The van der Waals surface area contributed by atoms with Crippen molar-refractivity contribution in [2.24, 2.45) is 0 Å². The summed E-state index contributed by atoms with van der Waals surface area (Å²) in [4.78, 5) is 11.2. The first-order valence-electron chi connectivity index (χ1n) is 5.35. The van der Waals surface area contributed by atoms with Crippen molar-refractivity contribution in [2.45, 2.75) is 6.92 Å². The van der Waals surface area contributed by atoms with Gasteiger partial charge in [-0.25, -0.2) is 4.79 Å². The maximum absolute atomic E-state index is 11.2. The van der Waals surface area contributed by atoms with Gasteiger partial charge in [-0.3, -0.25) is 0 Å². The van der Waals surface area contributed by atoms with Crippen LogP contribution in [0.5, 0.6) is 11.5 Å². The van der Waals surface area contributed by atoms with E-state index in [0.717, 1.165) is 5.56 Å². The van der Waals surface area contributed by atoms with Gasteiger partial charge in [-0.15, -0.1) is 0 Å². The van der Waals surface area contributed by atoms with Gasteiger partial charge in [0, 0.05) is 0 Å². The first-order chi connectivity index (χ1) is 8.59. The summed E-state index contributed by atoms with van der Waals surface area (Å²) in [5, 5.41) is 9.29. The number of hydrogen-bond donors (Lipinski definition) is 1. The SMILES string of the molecule is Cc1ccccc1Oc1cccc(Cl)c1C(=O)O. The highest BCUT2D eigenvalue weighted by Crippen LogP contribution is 2.31. The number of carbonyl (C=O) groups is 1. The van der Waals surface area contributed by atoms with Crippen LogP contribution in [-0.4, -0.2) is 11.1 Å². The maximum atomic E-state index is 11.2. The quantitative estimate of drug-likeness (QED) is 0.904. The van der Waals surface area contributed by atoms with E-state index in [9.17, 15) is 4.79 Å². The number of rotatable bonds is 3. The zero-order valence-electron chi connectivity index (χ0n) is 9.68. The van der Waals surface area contributed by atoms with Crippen LogP contribution in [0, 0.1) is 6.92 Å². The number of halogens is 1. The Bertz CT molecular complexity index is 593. The summed E-state index contributed by atoms with van der Waals surface area (Å²) < 4.78 is 5.62. The Balaban J connectivity index is 2.44. The molecule has 0 aliphatic rings. The molecule has 0 saturated heterocycles. The van der Waals surface area contributed by atoms with E-state index in [-0.39, 0.29) is 16.3 Å². The Morgan fingerprint density at radius 1 is 1.11 bits per heavy atom. The van der Waals surface area contributed by atoms with Gasteiger partial charge in [-0.2, -0.15) is 0 Å². The zero-order valence-corrected chi connectivity index (χ0v) is 10.4. The van der Waals surface area contributed by atoms with Gasteiger partial charge in [0.2, 0.25) is 0 Å². The van der Waals surface area contributed by atoms with E-state index >= 15 is 0 Å². The minimum absolute atomic E-state index is 0.0255. The van der Waals surface area contributed by atoms with Crippen LogP contribution in [-0.2, 0) is 0 Å². The molecule has 0 spiro atoms. The molecule has 2 aromatic rings. The third kappa shape index (κ3) is 2.46. The van der Waals surface area contributed by atoms with Gasteiger partial charge in [0.15, 0.2) is 0 Å². The number of aromatic carboxylic acids is 1. The molecule has 0 aliphatic carbocycles. The largest absolute Gasteiger partial charge is 0.478 e. The third-order valence-electron chi connectivity index (χ3n) is 2.50. The minimum Gasteiger partial charge on any atom is -0.478 e. The van der Waals surface area contributed by atoms with Crippen LogP contribution in [0.1, 0.15) is 15.9 Å². The first kappa shape index (κ1) is 12.5. The van der Waals surface area contributed by atoms with E-state index < -0.39 is 5.97 Å². The number of carboxylic acid groups (broad SMARTS) is 1. The predicted octanol–water partition coefficient (Wildman–Crippen LogP) is 4.14. The molecule has 92 valence electrons. The summed E-state index contributed by atoms with van der Waals surface area (Å²) in [7, 11) is 0. The molecule has 4 heteroatoms. The lowest BCUT2D eigenvalue weighted by Crippen LogP contribution is -2.01. The first-order valence-corrected chi connectivity index (χ1v) is 5.72. The molecule has 0 fully saturated rings. The van der Waals surface area contributed by atoms with Crippen LogP contribution in [0.15, 0.2) is 42.5 Å². The molecule has 0 bridgehead atoms. The molecule has 0 atom stereocenters. The fourth-order valence-electron chi connectivity index (χ4n) is 1.59. The average molecular weight is 263 g/mol. The second kappa shape index (κ2) is 5.10. The Morgan fingerprint density at radius 3 is 2.44 bits per heavy atom. The van der Waals surface area contributed by atoms with Crippen molar-refractivity contribution in [1.29, 1.82) is 0 Å². The van der Waals surface area contributed by atoms with Crippen LogP contribution in [0.2, 0.25) is 5.02 Å². The van der Waals surface area contributed by atoms with Crippen LogP contribution < -0.4 is 4.74 Å². The highest BCUT2D eigenvalue weighted by Gasteiger charge is 2.16.